The molecule has 2 aliphatic rings. The molecular weight excluding hydrogens is 468 g/mol. The van der Waals surface area contributed by atoms with Gasteiger partial charge in [0.1, 0.15) is 11.4 Å². The van der Waals surface area contributed by atoms with E-state index in [0.29, 0.717) is 37.7 Å². The number of carboxylic acid groups (broad SMARTS) is 1. The number of carbonyl (C=O) groups is 1. The minimum atomic E-state index is -0.792. The summed E-state index contributed by atoms with van der Waals surface area (Å²) in [4.78, 5) is 25.2. The van der Waals surface area contributed by atoms with Gasteiger partial charge in [0.25, 0.3) is 0 Å². The van der Waals surface area contributed by atoms with E-state index in [1.165, 1.54) is 0 Å². The third-order valence-corrected chi connectivity index (χ3v) is 7.13. The Morgan fingerprint density at radius 3 is 2.62 bits per heavy atom. The molecule has 2 aliphatic heterocycles. The second-order valence-electron chi connectivity index (χ2n) is 9.48. The maximum Gasteiger partial charge on any atom is 0.317 e. The van der Waals surface area contributed by atoms with Crippen LogP contribution in [0.4, 0.5) is 5.69 Å². The molecule has 9 nitrogen and oxygen atoms in total. The summed E-state index contributed by atoms with van der Waals surface area (Å²) in [6, 6.07) is 14.0. The molecule has 1 N–H and O–H groups in total. The second-order valence-corrected chi connectivity index (χ2v) is 9.48. The number of piperidine rings is 1. The van der Waals surface area contributed by atoms with Gasteiger partial charge >= 0.3 is 5.97 Å². The number of rotatable bonds is 4. The average molecular weight is 497 g/mol. The fourth-order valence-corrected chi connectivity index (χ4v) is 5.28. The molecule has 5 heterocycles. The maximum atomic E-state index is 11.2. The van der Waals surface area contributed by atoms with Gasteiger partial charge in [-0.1, -0.05) is 24.3 Å². The highest BCUT2D eigenvalue weighted by Gasteiger charge is 2.29. The van der Waals surface area contributed by atoms with Crippen LogP contribution < -0.4 is 4.90 Å². The van der Waals surface area contributed by atoms with Crippen LogP contribution in [0.2, 0.25) is 0 Å². The summed E-state index contributed by atoms with van der Waals surface area (Å²) in [6.45, 7) is 4.47. The van der Waals surface area contributed by atoms with E-state index in [1.54, 1.807) is 0 Å². The van der Waals surface area contributed by atoms with Crippen molar-refractivity contribution in [2.45, 2.75) is 18.8 Å². The number of ether oxygens (including phenoxy) is 1. The summed E-state index contributed by atoms with van der Waals surface area (Å²) >= 11 is 0. The topological polar surface area (TPSA) is 96.1 Å². The van der Waals surface area contributed by atoms with Crippen molar-refractivity contribution in [3.8, 4) is 11.8 Å². The van der Waals surface area contributed by atoms with Crippen LogP contribution in [0.1, 0.15) is 35.8 Å². The Balaban J connectivity index is 1.40. The van der Waals surface area contributed by atoms with Crippen LogP contribution in [0.15, 0.2) is 48.7 Å². The summed E-state index contributed by atoms with van der Waals surface area (Å²) in [5, 5.41) is 15.0. The van der Waals surface area contributed by atoms with E-state index in [9.17, 15) is 9.90 Å². The van der Waals surface area contributed by atoms with E-state index in [0.717, 1.165) is 53.9 Å². The number of carboxylic acids is 1. The lowest BCUT2D eigenvalue weighted by Crippen LogP contribution is -2.37. The van der Waals surface area contributed by atoms with Crippen molar-refractivity contribution >= 4 is 28.2 Å². The van der Waals surface area contributed by atoms with Crippen molar-refractivity contribution in [2.24, 2.45) is 0 Å². The third-order valence-electron chi connectivity index (χ3n) is 7.13. The van der Waals surface area contributed by atoms with Gasteiger partial charge in [-0.3, -0.25) is 9.69 Å². The molecule has 37 heavy (non-hydrogen) atoms. The molecule has 9 heteroatoms. The van der Waals surface area contributed by atoms with Crippen LogP contribution in [0, 0.1) is 11.8 Å². The fourth-order valence-electron chi connectivity index (χ4n) is 5.28. The Morgan fingerprint density at radius 2 is 1.81 bits per heavy atom. The summed E-state index contributed by atoms with van der Waals surface area (Å²) in [7, 11) is 0. The molecule has 0 saturated carbocycles. The molecule has 2 saturated heterocycles. The van der Waals surface area contributed by atoms with E-state index in [-0.39, 0.29) is 12.5 Å². The molecule has 0 bridgehead atoms. The number of pyridine rings is 1. The molecule has 0 aliphatic carbocycles. The van der Waals surface area contributed by atoms with E-state index >= 15 is 0 Å². The lowest BCUT2D eigenvalue weighted by atomic mass is 9.92. The zero-order chi connectivity index (χ0) is 25.2. The number of anilines is 1. The molecule has 6 rings (SSSR count). The van der Waals surface area contributed by atoms with Crippen LogP contribution in [-0.4, -0.2) is 81.5 Å². The van der Waals surface area contributed by atoms with Gasteiger partial charge in [0.15, 0.2) is 5.65 Å². The molecule has 0 amide bonds. The molecule has 3 aromatic heterocycles. The Labute approximate surface area is 214 Å². The smallest absolute Gasteiger partial charge is 0.317 e. The number of likely N-dealkylation sites (tertiary alicyclic amines) is 1. The first-order valence-electron chi connectivity index (χ1n) is 12.7. The summed E-state index contributed by atoms with van der Waals surface area (Å²) in [5.41, 5.74) is 5.13. The number of aromatic nitrogens is 4. The summed E-state index contributed by atoms with van der Waals surface area (Å²) < 4.78 is 7.50. The van der Waals surface area contributed by atoms with Gasteiger partial charge in [0.2, 0.25) is 0 Å². The van der Waals surface area contributed by atoms with Gasteiger partial charge in [-0.05, 0) is 56.0 Å². The Bertz CT molecular complexity index is 1510. The molecule has 1 aromatic carbocycles. The van der Waals surface area contributed by atoms with E-state index in [1.807, 2.05) is 58.1 Å². The first-order chi connectivity index (χ1) is 18.2. The second kappa shape index (κ2) is 10.2. The van der Waals surface area contributed by atoms with Crippen molar-refractivity contribution in [1.29, 1.82) is 0 Å². The highest BCUT2D eigenvalue weighted by atomic mass is 16.5. The quantitative estimate of drug-likeness (QED) is 0.431. The standard InChI is InChI=1S/C28H28N6O3/c35-26(36)19-32-13-10-21(11-14-32)27-24(8-7-22-6-5-20-3-1-2-4-23(20)30-22)31-28-25(9-12-29-34(27)28)33-15-17-37-18-16-33/h1-6,9,12,21H,10-11,13-19H2,(H,35,36). The lowest BCUT2D eigenvalue weighted by Gasteiger charge is -2.31. The molecule has 0 unspecified atom stereocenters. The largest absolute Gasteiger partial charge is 0.480 e. The van der Waals surface area contributed by atoms with Crippen molar-refractivity contribution in [2.75, 3.05) is 50.8 Å². The van der Waals surface area contributed by atoms with Crippen LogP contribution in [0.3, 0.4) is 0 Å². The van der Waals surface area contributed by atoms with E-state index in [2.05, 4.69) is 16.7 Å². The number of para-hydroxylation sites is 1. The molecule has 2 fully saturated rings. The minimum Gasteiger partial charge on any atom is -0.480 e. The maximum absolute atomic E-state index is 11.2. The Morgan fingerprint density at radius 1 is 1.00 bits per heavy atom. The van der Waals surface area contributed by atoms with E-state index < -0.39 is 5.97 Å². The number of aliphatic carboxylic acids is 1. The molecule has 0 radical (unpaired) electrons. The molecule has 0 spiro atoms. The number of hydrogen-bond donors (Lipinski definition) is 1. The van der Waals surface area contributed by atoms with Gasteiger partial charge in [-0.2, -0.15) is 5.10 Å². The van der Waals surface area contributed by atoms with Gasteiger partial charge in [-0.25, -0.2) is 14.5 Å². The van der Waals surface area contributed by atoms with Crippen LogP contribution in [0.5, 0.6) is 0 Å². The number of hydrogen-bond acceptors (Lipinski definition) is 7. The van der Waals surface area contributed by atoms with E-state index in [4.69, 9.17) is 19.8 Å². The Hall–Kier alpha value is -4.00. The minimum absolute atomic E-state index is 0.0690. The number of fused-ring (bicyclic) bond motifs is 2. The number of imidazole rings is 1. The number of morpholine rings is 1. The predicted octanol–water partition coefficient (Wildman–Crippen LogP) is 2.78. The zero-order valence-corrected chi connectivity index (χ0v) is 20.5. The van der Waals surface area contributed by atoms with Crippen molar-refractivity contribution in [3.63, 3.8) is 0 Å². The lowest BCUT2D eigenvalue weighted by molar-refractivity contribution is -0.138. The summed E-state index contributed by atoms with van der Waals surface area (Å²) in [6.07, 6.45) is 3.48. The highest BCUT2D eigenvalue weighted by Crippen LogP contribution is 2.33. The van der Waals surface area contributed by atoms with Crippen molar-refractivity contribution < 1.29 is 14.6 Å². The molecule has 0 atom stereocenters. The monoisotopic (exact) mass is 496 g/mol. The van der Waals surface area contributed by atoms with Gasteiger partial charge in [0.05, 0.1) is 42.9 Å². The van der Waals surface area contributed by atoms with Gasteiger partial charge in [0, 0.05) is 24.4 Å². The van der Waals surface area contributed by atoms with Crippen LogP contribution >= 0.6 is 0 Å². The van der Waals surface area contributed by atoms with Crippen LogP contribution in [-0.2, 0) is 9.53 Å². The first kappa shape index (κ1) is 23.4. The number of nitrogens with zero attached hydrogens (tertiary/aromatic N) is 6. The molecule has 4 aromatic rings. The zero-order valence-electron chi connectivity index (χ0n) is 20.5. The fraction of sp³-hybridized carbons (Fsp3) is 0.357. The normalized spacial score (nSPS) is 17.1. The first-order valence-corrected chi connectivity index (χ1v) is 12.7. The average Bonchev–Trinajstić information content (AvgIpc) is 3.31. The Kier molecular flexibility index (Phi) is 6.43. The van der Waals surface area contributed by atoms with Crippen molar-refractivity contribution in [3.05, 3.63) is 65.7 Å². The highest BCUT2D eigenvalue weighted by molar-refractivity contribution is 5.79. The van der Waals surface area contributed by atoms with Crippen LogP contribution in [0.25, 0.3) is 16.6 Å². The number of benzene rings is 1. The SMILES string of the molecule is O=C(O)CN1CCC(c2c(C#Cc3ccc4ccccc4n3)nc3c(N4CCOCC4)ccnn23)CC1. The molecule has 188 valence electrons. The van der Waals surface area contributed by atoms with Gasteiger partial charge < -0.3 is 14.7 Å². The van der Waals surface area contributed by atoms with Crippen molar-refractivity contribution in [1.82, 2.24) is 24.5 Å². The van der Waals surface area contributed by atoms with Gasteiger partial charge in [-0.15, -0.1) is 0 Å². The predicted molar refractivity (Wildman–Crippen MR) is 140 cm³/mol. The molecular formula is C28H28N6O3. The summed E-state index contributed by atoms with van der Waals surface area (Å²) in [5.74, 6) is 5.95. The third kappa shape index (κ3) is 4.86.